The molecule has 3 heterocycles. The van der Waals surface area contributed by atoms with Crippen LogP contribution in [0.3, 0.4) is 0 Å². The molecule has 0 saturated carbocycles. The molecule has 4 rings (SSSR count). The second kappa shape index (κ2) is 5.81. The van der Waals surface area contributed by atoms with Crippen molar-refractivity contribution in [3.05, 3.63) is 46.9 Å². The van der Waals surface area contributed by atoms with Gasteiger partial charge >= 0.3 is 0 Å². The molecule has 0 radical (unpaired) electrons. The quantitative estimate of drug-likeness (QED) is 0.875. The Morgan fingerprint density at radius 2 is 2.13 bits per heavy atom. The second-order valence-electron chi connectivity index (χ2n) is 6.33. The number of ether oxygens (including phenoxy) is 1. The van der Waals surface area contributed by atoms with Gasteiger partial charge in [0, 0.05) is 25.1 Å². The molecule has 1 unspecified atom stereocenters. The van der Waals surface area contributed by atoms with Crippen LogP contribution in [-0.4, -0.2) is 34.3 Å². The molecule has 2 aromatic rings. The Morgan fingerprint density at radius 3 is 3.00 bits per heavy atom. The Hall–Kier alpha value is -2.14. The van der Waals surface area contributed by atoms with Crippen LogP contribution in [-0.2, 0) is 13.0 Å². The Balaban J connectivity index is 1.78. The van der Waals surface area contributed by atoms with E-state index in [1.54, 1.807) is 0 Å². The van der Waals surface area contributed by atoms with Crippen LogP contribution in [0.15, 0.2) is 24.3 Å². The number of aryl methyl sites for hydroxylation is 1. The maximum Gasteiger partial charge on any atom is 0.136 e. The number of aliphatic hydroxyl groups is 1. The number of piperidine rings is 1. The van der Waals surface area contributed by atoms with Crippen LogP contribution in [0.4, 0.5) is 5.82 Å². The standard InChI is InChI=1S/C18H21N3O2/c1-12-19-16-11-23-17-7-3-2-5-13(17)9-15(16)18(20-12)21-8-4-6-14(22)10-21/h2-3,5,7,14,22H,4,6,8-11H2,1H3. The normalized spacial score (nSPS) is 20.3. The number of para-hydroxylation sites is 1. The molecule has 2 aliphatic heterocycles. The van der Waals surface area contributed by atoms with E-state index in [1.807, 2.05) is 25.1 Å². The van der Waals surface area contributed by atoms with E-state index in [0.29, 0.717) is 13.2 Å². The smallest absolute Gasteiger partial charge is 0.136 e. The third-order valence-electron chi connectivity index (χ3n) is 4.58. The summed E-state index contributed by atoms with van der Waals surface area (Å²) in [5.41, 5.74) is 3.26. The summed E-state index contributed by atoms with van der Waals surface area (Å²) in [4.78, 5) is 11.5. The summed E-state index contributed by atoms with van der Waals surface area (Å²) < 4.78 is 5.94. The van der Waals surface area contributed by atoms with Crippen LogP contribution in [0.2, 0.25) is 0 Å². The van der Waals surface area contributed by atoms with E-state index in [0.717, 1.165) is 60.0 Å². The molecule has 1 fully saturated rings. The largest absolute Gasteiger partial charge is 0.487 e. The van der Waals surface area contributed by atoms with E-state index >= 15 is 0 Å². The highest BCUT2D eigenvalue weighted by Gasteiger charge is 2.26. The topological polar surface area (TPSA) is 58.5 Å². The third-order valence-corrected chi connectivity index (χ3v) is 4.58. The minimum atomic E-state index is -0.274. The summed E-state index contributed by atoms with van der Waals surface area (Å²) >= 11 is 0. The van der Waals surface area contributed by atoms with Crippen molar-refractivity contribution in [3.63, 3.8) is 0 Å². The van der Waals surface area contributed by atoms with Crippen molar-refractivity contribution >= 4 is 5.82 Å². The van der Waals surface area contributed by atoms with Gasteiger partial charge in [-0.25, -0.2) is 9.97 Å². The van der Waals surface area contributed by atoms with Crippen LogP contribution >= 0.6 is 0 Å². The summed E-state index contributed by atoms with van der Waals surface area (Å²) in [5.74, 6) is 2.65. The van der Waals surface area contributed by atoms with Gasteiger partial charge in [0.25, 0.3) is 0 Å². The van der Waals surface area contributed by atoms with Crippen LogP contribution in [0.1, 0.15) is 35.5 Å². The first kappa shape index (κ1) is 14.5. The highest BCUT2D eigenvalue weighted by Crippen LogP contribution is 2.33. The van der Waals surface area contributed by atoms with E-state index in [1.165, 1.54) is 0 Å². The van der Waals surface area contributed by atoms with Crippen molar-refractivity contribution in [2.45, 2.75) is 38.9 Å². The van der Waals surface area contributed by atoms with E-state index in [-0.39, 0.29) is 6.10 Å². The van der Waals surface area contributed by atoms with Crippen molar-refractivity contribution in [3.8, 4) is 5.75 Å². The van der Waals surface area contributed by atoms with Crippen molar-refractivity contribution in [2.24, 2.45) is 0 Å². The summed E-state index contributed by atoms with van der Waals surface area (Å²) in [7, 11) is 0. The zero-order valence-corrected chi connectivity index (χ0v) is 13.3. The van der Waals surface area contributed by atoms with Gasteiger partial charge in [-0.3, -0.25) is 0 Å². The van der Waals surface area contributed by atoms with Gasteiger partial charge in [-0.1, -0.05) is 18.2 Å². The minimum Gasteiger partial charge on any atom is -0.487 e. The van der Waals surface area contributed by atoms with Gasteiger partial charge in [-0.2, -0.15) is 0 Å². The summed E-state index contributed by atoms with van der Waals surface area (Å²) in [5, 5.41) is 10.0. The molecule has 0 amide bonds. The van der Waals surface area contributed by atoms with Crippen molar-refractivity contribution in [1.82, 2.24) is 9.97 Å². The number of benzene rings is 1. The molecule has 120 valence electrons. The van der Waals surface area contributed by atoms with E-state index < -0.39 is 0 Å². The zero-order valence-electron chi connectivity index (χ0n) is 13.3. The predicted molar refractivity (Wildman–Crippen MR) is 87.8 cm³/mol. The summed E-state index contributed by atoms with van der Waals surface area (Å²) in [6.45, 7) is 3.97. The fourth-order valence-corrected chi connectivity index (χ4v) is 3.47. The maximum absolute atomic E-state index is 10.0. The SMILES string of the molecule is Cc1nc2c(c(N3CCCC(O)C3)n1)Cc1ccccc1OC2. The minimum absolute atomic E-state index is 0.274. The lowest BCUT2D eigenvalue weighted by Gasteiger charge is -2.32. The molecule has 0 aliphatic carbocycles. The lowest BCUT2D eigenvalue weighted by Crippen LogP contribution is -2.39. The van der Waals surface area contributed by atoms with Crippen LogP contribution in [0, 0.1) is 6.92 Å². The van der Waals surface area contributed by atoms with Gasteiger partial charge in [-0.15, -0.1) is 0 Å². The first-order chi connectivity index (χ1) is 11.2. The average molecular weight is 311 g/mol. The first-order valence-electron chi connectivity index (χ1n) is 8.21. The fourth-order valence-electron chi connectivity index (χ4n) is 3.47. The zero-order chi connectivity index (χ0) is 15.8. The van der Waals surface area contributed by atoms with Crippen molar-refractivity contribution < 1.29 is 9.84 Å². The molecule has 23 heavy (non-hydrogen) atoms. The molecule has 5 heteroatoms. The molecule has 1 aromatic carbocycles. The Labute approximate surface area is 136 Å². The molecule has 2 aliphatic rings. The number of aliphatic hydroxyl groups excluding tert-OH is 1. The van der Waals surface area contributed by atoms with Gasteiger partial charge in [-0.05, 0) is 31.4 Å². The molecule has 1 aromatic heterocycles. The number of hydrogen-bond donors (Lipinski definition) is 1. The molecular formula is C18H21N3O2. The molecule has 1 atom stereocenters. The number of β-amino-alcohol motifs (C(OH)–C–C–N with tert-alkyl or cyclic N) is 1. The monoisotopic (exact) mass is 311 g/mol. The maximum atomic E-state index is 10.0. The number of hydrogen-bond acceptors (Lipinski definition) is 5. The average Bonchev–Trinajstić information content (AvgIpc) is 2.73. The van der Waals surface area contributed by atoms with E-state index in [4.69, 9.17) is 9.72 Å². The molecule has 5 nitrogen and oxygen atoms in total. The van der Waals surface area contributed by atoms with Crippen molar-refractivity contribution in [1.29, 1.82) is 0 Å². The van der Waals surface area contributed by atoms with Crippen LogP contribution in [0.25, 0.3) is 0 Å². The summed E-state index contributed by atoms with van der Waals surface area (Å²) in [6.07, 6.45) is 2.36. The summed E-state index contributed by atoms with van der Waals surface area (Å²) in [6, 6.07) is 8.13. The van der Waals surface area contributed by atoms with Gasteiger partial charge in [0.05, 0.1) is 11.8 Å². The van der Waals surface area contributed by atoms with Crippen molar-refractivity contribution in [2.75, 3.05) is 18.0 Å². The van der Waals surface area contributed by atoms with E-state index in [2.05, 4.69) is 16.0 Å². The molecular weight excluding hydrogens is 290 g/mol. The molecule has 1 N–H and O–H groups in total. The number of rotatable bonds is 1. The molecule has 1 saturated heterocycles. The van der Waals surface area contributed by atoms with Gasteiger partial charge < -0.3 is 14.7 Å². The number of nitrogens with zero attached hydrogens (tertiary/aromatic N) is 3. The van der Waals surface area contributed by atoms with Gasteiger partial charge in [0.2, 0.25) is 0 Å². The van der Waals surface area contributed by atoms with Gasteiger partial charge in [0.15, 0.2) is 0 Å². The number of fused-ring (bicyclic) bond motifs is 2. The Kier molecular flexibility index (Phi) is 3.65. The second-order valence-corrected chi connectivity index (χ2v) is 6.33. The molecule has 0 bridgehead atoms. The third kappa shape index (κ3) is 2.77. The number of aromatic nitrogens is 2. The highest BCUT2D eigenvalue weighted by atomic mass is 16.5. The molecule has 0 spiro atoms. The Morgan fingerprint density at radius 1 is 1.26 bits per heavy atom. The predicted octanol–water partition coefficient (Wildman–Crippen LogP) is 2.23. The highest BCUT2D eigenvalue weighted by molar-refractivity contribution is 5.54. The van der Waals surface area contributed by atoms with Gasteiger partial charge in [0.1, 0.15) is 24.0 Å². The fraction of sp³-hybridized carbons (Fsp3) is 0.444. The van der Waals surface area contributed by atoms with Crippen LogP contribution < -0.4 is 9.64 Å². The first-order valence-corrected chi connectivity index (χ1v) is 8.21. The Bertz CT molecular complexity index is 732. The van der Waals surface area contributed by atoms with E-state index in [9.17, 15) is 5.11 Å². The van der Waals surface area contributed by atoms with Crippen LogP contribution in [0.5, 0.6) is 5.75 Å². The lowest BCUT2D eigenvalue weighted by molar-refractivity contribution is 0.153. The lowest BCUT2D eigenvalue weighted by atomic mass is 10.0. The number of anilines is 1.